The standard InChI is InChI=1S/C18H17Cl2NO3/c1-11(21-12(2)22)13-6-8-14(9-7-13)16(23)10-24-17-5-3-4-15(19)18(17)20/h3-9,11H,10H2,1-2H3,(H,21,22)/t11-/m0/s1. The highest BCUT2D eigenvalue weighted by molar-refractivity contribution is 6.42. The number of halogens is 2. The Balaban J connectivity index is 2.00. The minimum atomic E-state index is -0.176. The molecule has 0 saturated carbocycles. The van der Waals surface area contributed by atoms with Gasteiger partial charge >= 0.3 is 0 Å². The lowest BCUT2D eigenvalue weighted by Gasteiger charge is -2.13. The van der Waals surface area contributed by atoms with Crippen molar-refractivity contribution in [3.05, 3.63) is 63.6 Å². The largest absolute Gasteiger partial charge is 0.484 e. The van der Waals surface area contributed by atoms with E-state index in [0.717, 1.165) is 5.56 Å². The second-order valence-electron chi connectivity index (χ2n) is 5.31. The summed E-state index contributed by atoms with van der Waals surface area (Å²) in [5.41, 5.74) is 1.44. The van der Waals surface area contributed by atoms with E-state index in [9.17, 15) is 9.59 Å². The van der Waals surface area contributed by atoms with Crippen LogP contribution in [0.15, 0.2) is 42.5 Å². The Morgan fingerprint density at radius 2 is 1.79 bits per heavy atom. The lowest BCUT2D eigenvalue weighted by Crippen LogP contribution is -2.23. The zero-order valence-electron chi connectivity index (χ0n) is 13.3. The molecule has 0 aliphatic carbocycles. The van der Waals surface area contributed by atoms with Crippen molar-refractivity contribution in [2.45, 2.75) is 19.9 Å². The van der Waals surface area contributed by atoms with Gasteiger partial charge < -0.3 is 10.1 Å². The van der Waals surface area contributed by atoms with Crippen LogP contribution >= 0.6 is 23.2 Å². The summed E-state index contributed by atoms with van der Waals surface area (Å²) in [7, 11) is 0. The second-order valence-corrected chi connectivity index (χ2v) is 6.09. The van der Waals surface area contributed by atoms with Crippen molar-refractivity contribution in [2.75, 3.05) is 6.61 Å². The Morgan fingerprint density at radius 3 is 2.42 bits per heavy atom. The third kappa shape index (κ3) is 4.73. The number of carbonyl (C=O) groups excluding carboxylic acids is 2. The summed E-state index contributed by atoms with van der Waals surface area (Å²) in [4.78, 5) is 23.3. The maximum Gasteiger partial charge on any atom is 0.217 e. The molecule has 126 valence electrons. The number of ether oxygens (including phenoxy) is 1. The topological polar surface area (TPSA) is 55.4 Å². The molecule has 0 unspecified atom stereocenters. The van der Waals surface area contributed by atoms with E-state index in [-0.39, 0.29) is 29.4 Å². The second kappa shape index (κ2) is 8.18. The molecule has 0 heterocycles. The summed E-state index contributed by atoms with van der Waals surface area (Å²) in [5, 5.41) is 3.45. The first kappa shape index (κ1) is 18.3. The number of ketones is 1. The maximum absolute atomic E-state index is 12.2. The first-order chi connectivity index (χ1) is 11.4. The van der Waals surface area contributed by atoms with Crippen LogP contribution in [-0.4, -0.2) is 18.3 Å². The molecule has 2 aromatic carbocycles. The number of nitrogens with one attached hydrogen (secondary N) is 1. The molecule has 1 amide bonds. The van der Waals surface area contributed by atoms with E-state index in [1.807, 2.05) is 6.92 Å². The van der Waals surface area contributed by atoms with E-state index in [2.05, 4.69) is 5.32 Å². The highest BCUT2D eigenvalue weighted by Crippen LogP contribution is 2.31. The van der Waals surface area contributed by atoms with Crippen LogP contribution in [0.2, 0.25) is 10.0 Å². The molecular formula is C18H17Cl2NO3. The maximum atomic E-state index is 12.2. The first-order valence-corrected chi connectivity index (χ1v) is 8.11. The number of amides is 1. The quantitative estimate of drug-likeness (QED) is 0.769. The predicted octanol–water partition coefficient (Wildman–Crippen LogP) is 4.45. The van der Waals surface area contributed by atoms with E-state index in [0.29, 0.717) is 16.3 Å². The molecule has 1 N–H and O–H groups in total. The van der Waals surface area contributed by atoms with Gasteiger partial charge in [-0.15, -0.1) is 0 Å². The number of hydrogen-bond acceptors (Lipinski definition) is 3. The fourth-order valence-electron chi connectivity index (χ4n) is 2.17. The van der Waals surface area contributed by atoms with Crippen LogP contribution in [0.1, 0.15) is 35.8 Å². The Labute approximate surface area is 150 Å². The average Bonchev–Trinajstić information content (AvgIpc) is 2.55. The number of hydrogen-bond donors (Lipinski definition) is 1. The van der Waals surface area contributed by atoms with Gasteiger partial charge in [0.05, 0.1) is 11.1 Å². The molecule has 2 rings (SSSR count). The average molecular weight is 366 g/mol. The number of benzene rings is 2. The molecule has 24 heavy (non-hydrogen) atoms. The third-order valence-corrected chi connectivity index (χ3v) is 4.23. The summed E-state index contributed by atoms with van der Waals surface area (Å²) in [5.74, 6) is 0.0904. The van der Waals surface area contributed by atoms with Crippen LogP contribution in [0, 0.1) is 0 Å². The van der Waals surface area contributed by atoms with Gasteiger partial charge in [0.25, 0.3) is 0 Å². The molecule has 0 aliphatic heterocycles. The Kier molecular flexibility index (Phi) is 6.23. The van der Waals surface area contributed by atoms with Crippen molar-refractivity contribution < 1.29 is 14.3 Å². The number of carbonyl (C=O) groups is 2. The lowest BCUT2D eigenvalue weighted by atomic mass is 10.0. The molecular weight excluding hydrogens is 349 g/mol. The zero-order chi connectivity index (χ0) is 17.7. The van der Waals surface area contributed by atoms with Crippen molar-refractivity contribution in [3.63, 3.8) is 0 Å². The predicted molar refractivity (Wildman–Crippen MR) is 95.0 cm³/mol. The minimum absolute atomic E-state index is 0.102. The van der Waals surface area contributed by atoms with Crippen LogP contribution in [-0.2, 0) is 4.79 Å². The van der Waals surface area contributed by atoms with Gasteiger partial charge in [0.2, 0.25) is 5.91 Å². The van der Waals surface area contributed by atoms with Gasteiger partial charge in [0, 0.05) is 12.5 Å². The summed E-state index contributed by atoms with van der Waals surface area (Å²) >= 11 is 11.9. The molecule has 0 spiro atoms. The molecule has 0 aromatic heterocycles. The van der Waals surface area contributed by atoms with Gasteiger partial charge in [-0.3, -0.25) is 9.59 Å². The number of rotatable bonds is 6. The molecule has 0 bridgehead atoms. The molecule has 0 radical (unpaired) electrons. The van der Waals surface area contributed by atoms with E-state index in [1.54, 1.807) is 42.5 Å². The zero-order valence-corrected chi connectivity index (χ0v) is 14.8. The van der Waals surface area contributed by atoms with Crippen molar-refractivity contribution >= 4 is 34.9 Å². The van der Waals surface area contributed by atoms with Crippen molar-refractivity contribution in [1.29, 1.82) is 0 Å². The van der Waals surface area contributed by atoms with E-state index in [4.69, 9.17) is 27.9 Å². The van der Waals surface area contributed by atoms with Gasteiger partial charge in [-0.2, -0.15) is 0 Å². The molecule has 0 fully saturated rings. The van der Waals surface area contributed by atoms with Gasteiger partial charge in [0.1, 0.15) is 10.8 Å². The number of Topliss-reactive ketones (excluding diaryl/α,β-unsaturated/α-hetero) is 1. The summed E-state index contributed by atoms with van der Waals surface area (Å²) in [6.45, 7) is 3.20. The summed E-state index contributed by atoms with van der Waals surface area (Å²) < 4.78 is 5.44. The van der Waals surface area contributed by atoms with Crippen LogP contribution in [0.4, 0.5) is 0 Å². The van der Waals surface area contributed by atoms with Gasteiger partial charge in [-0.05, 0) is 24.6 Å². The van der Waals surface area contributed by atoms with Gasteiger partial charge in [-0.25, -0.2) is 0 Å². The molecule has 2 aromatic rings. The minimum Gasteiger partial charge on any atom is -0.484 e. The van der Waals surface area contributed by atoms with Crippen LogP contribution < -0.4 is 10.1 Å². The smallest absolute Gasteiger partial charge is 0.217 e. The van der Waals surface area contributed by atoms with Crippen LogP contribution in [0.3, 0.4) is 0 Å². The normalized spacial score (nSPS) is 11.7. The van der Waals surface area contributed by atoms with Crippen LogP contribution in [0.5, 0.6) is 5.75 Å². The van der Waals surface area contributed by atoms with Crippen molar-refractivity contribution in [2.24, 2.45) is 0 Å². The lowest BCUT2D eigenvalue weighted by molar-refractivity contribution is -0.119. The van der Waals surface area contributed by atoms with E-state index < -0.39 is 0 Å². The molecule has 1 atom stereocenters. The van der Waals surface area contributed by atoms with Crippen molar-refractivity contribution in [3.8, 4) is 5.75 Å². The SMILES string of the molecule is CC(=O)N[C@@H](C)c1ccc(C(=O)COc2cccc(Cl)c2Cl)cc1. The molecule has 6 heteroatoms. The Hall–Kier alpha value is -2.04. The van der Waals surface area contributed by atoms with Gasteiger partial charge in [-0.1, -0.05) is 53.5 Å². The first-order valence-electron chi connectivity index (χ1n) is 7.35. The molecule has 0 aliphatic rings. The third-order valence-electron chi connectivity index (χ3n) is 3.43. The monoisotopic (exact) mass is 365 g/mol. The Bertz CT molecular complexity index is 744. The van der Waals surface area contributed by atoms with E-state index >= 15 is 0 Å². The summed E-state index contributed by atoms with van der Waals surface area (Å²) in [6.07, 6.45) is 0. The Morgan fingerprint density at radius 1 is 1.12 bits per heavy atom. The van der Waals surface area contributed by atoms with Crippen LogP contribution in [0.25, 0.3) is 0 Å². The highest BCUT2D eigenvalue weighted by atomic mass is 35.5. The summed E-state index contributed by atoms with van der Waals surface area (Å²) in [6, 6.07) is 11.9. The van der Waals surface area contributed by atoms with E-state index in [1.165, 1.54) is 6.92 Å². The molecule has 0 saturated heterocycles. The van der Waals surface area contributed by atoms with Gasteiger partial charge in [0.15, 0.2) is 12.4 Å². The highest BCUT2D eigenvalue weighted by Gasteiger charge is 2.12. The van der Waals surface area contributed by atoms with Crippen molar-refractivity contribution in [1.82, 2.24) is 5.32 Å². The fraction of sp³-hybridized carbons (Fsp3) is 0.222. The fourth-order valence-corrected chi connectivity index (χ4v) is 2.51. The molecule has 4 nitrogen and oxygen atoms in total.